The first kappa shape index (κ1) is 15.4. The molecule has 20 heavy (non-hydrogen) atoms. The lowest BCUT2D eigenvalue weighted by molar-refractivity contribution is -0.385. The molecule has 0 aromatic heterocycles. The molecular formula is C12H14N2O6. The Hall–Kier alpha value is -2.64. The molecule has 1 amide bonds. The van der Waals surface area contributed by atoms with Gasteiger partial charge in [-0.05, 0) is 13.0 Å². The van der Waals surface area contributed by atoms with E-state index in [0.29, 0.717) is 0 Å². The minimum absolute atomic E-state index is 0.0871. The fourth-order valence-electron chi connectivity index (χ4n) is 1.49. The van der Waals surface area contributed by atoms with Crippen LogP contribution in [0.4, 0.5) is 5.69 Å². The summed E-state index contributed by atoms with van der Waals surface area (Å²) in [6.07, 6.45) is 0. The lowest BCUT2D eigenvalue weighted by Crippen LogP contribution is -2.31. The first-order valence-electron chi connectivity index (χ1n) is 5.76. The van der Waals surface area contributed by atoms with Gasteiger partial charge in [-0.1, -0.05) is 6.07 Å². The molecule has 1 N–H and O–H groups in total. The zero-order chi connectivity index (χ0) is 15.1. The molecule has 0 fully saturated rings. The Balaban J connectivity index is 3.08. The number of carbonyl (C=O) groups is 2. The van der Waals surface area contributed by atoms with Gasteiger partial charge in [0, 0.05) is 6.07 Å². The van der Waals surface area contributed by atoms with Crippen molar-refractivity contribution in [2.75, 3.05) is 20.3 Å². The van der Waals surface area contributed by atoms with E-state index in [0.717, 1.165) is 0 Å². The van der Waals surface area contributed by atoms with E-state index in [2.05, 4.69) is 10.1 Å². The van der Waals surface area contributed by atoms with Crippen LogP contribution < -0.4 is 10.1 Å². The summed E-state index contributed by atoms with van der Waals surface area (Å²) in [4.78, 5) is 33.2. The van der Waals surface area contributed by atoms with E-state index in [-0.39, 0.29) is 24.5 Å². The monoisotopic (exact) mass is 282 g/mol. The Morgan fingerprint density at radius 3 is 2.65 bits per heavy atom. The molecule has 8 nitrogen and oxygen atoms in total. The van der Waals surface area contributed by atoms with Crippen LogP contribution >= 0.6 is 0 Å². The van der Waals surface area contributed by atoms with Crippen LogP contribution in [0.3, 0.4) is 0 Å². The fourth-order valence-corrected chi connectivity index (χ4v) is 1.49. The second-order valence-electron chi connectivity index (χ2n) is 3.60. The number of methoxy groups -OCH3 is 1. The van der Waals surface area contributed by atoms with Crippen molar-refractivity contribution >= 4 is 17.6 Å². The highest BCUT2D eigenvalue weighted by atomic mass is 16.6. The number of hydrogen-bond acceptors (Lipinski definition) is 6. The summed E-state index contributed by atoms with van der Waals surface area (Å²) >= 11 is 0. The van der Waals surface area contributed by atoms with Crippen LogP contribution in [0.5, 0.6) is 5.75 Å². The highest BCUT2D eigenvalue weighted by Gasteiger charge is 2.25. The molecule has 0 atom stereocenters. The van der Waals surface area contributed by atoms with Crippen LogP contribution in [-0.4, -0.2) is 37.1 Å². The van der Waals surface area contributed by atoms with Crippen molar-refractivity contribution in [3.8, 4) is 5.75 Å². The number of nitro benzene ring substituents is 1. The maximum Gasteiger partial charge on any atom is 0.325 e. The second kappa shape index (κ2) is 7.07. The first-order chi connectivity index (χ1) is 9.51. The van der Waals surface area contributed by atoms with Gasteiger partial charge in [-0.3, -0.25) is 19.7 Å². The summed E-state index contributed by atoms with van der Waals surface area (Å²) in [6, 6.07) is 4.05. The number of carbonyl (C=O) groups excluding carboxylic acids is 2. The molecule has 0 bridgehead atoms. The van der Waals surface area contributed by atoms with Crippen molar-refractivity contribution in [3.05, 3.63) is 33.9 Å². The third-order valence-electron chi connectivity index (χ3n) is 2.35. The quantitative estimate of drug-likeness (QED) is 0.471. The molecular weight excluding hydrogens is 268 g/mol. The van der Waals surface area contributed by atoms with Crippen LogP contribution in [0.15, 0.2) is 18.2 Å². The van der Waals surface area contributed by atoms with Crippen LogP contribution in [0.2, 0.25) is 0 Å². The molecule has 0 aliphatic heterocycles. The molecule has 1 rings (SSSR count). The molecule has 0 radical (unpaired) electrons. The van der Waals surface area contributed by atoms with Gasteiger partial charge >= 0.3 is 5.97 Å². The number of esters is 1. The molecule has 108 valence electrons. The third-order valence-corrected chi connectivity index (χ3v) is 2.35. The molecule has 1 aromatic carbocycles. The van der Waals surface area contributed by atoms with E-state index in [4.69, 9.17) is 4.74 Å². The molecule has 1 aromatic rings. The molecule has 0 saturated heterocycles. The lowest BCUT2D eigenvalue weighted by atomic mass is 10.1. The predicted octanol–water partition coefficient (Wildman–Crippen LogP) is 0.896. The number of benzene rings is 1. The Morgan fingerprint density at radius 1 is 1.40 bits per heavy atom. The summed E-state index contributed by atoms with van der Waals surface area (Å²) < 4.78 is 9.57. The number of nitrogens with zero attached hydrogens (tertiary/aromatic N) is 1. The summed E-state index contributed by atoms with van der Waals surface area (Å²) in [5.41, 5.74) is -0.610. The zero-order valence-corrected chi connectivity index (χ0v) is 11.0. The minimum atomic E-state index is -0.772. The van der Waals surface area contributed by atoms with Gasteiger partial charge < -0.3 is 14.8 Å². The van der Waals surface area contributed by atoms with Crippen molar-refractivity contribution in [1.29, 1.82) is 0 Å². The Kier molecular flexibility index (Phi) is 5.45. The Morgan fingerprint density at radius 2 is 2.10 bits per heavy atom. The van der Waals surface area contributed by atoms with Crippen molar-refractivity contribution in [2.24, 2.45) is 0 Å². The number of ether oxygens (including phenoxy) is 2. The van der Waals surface area contributed by atoms with Crippen molar-refractivity contribution in [3.63, 3.8) is 0 Å². The van der Waals surface area contributed by atoms with E-state index < -0.39 is 22.5 Å². The van der Waals surface area contributed by atoms with Crippen LogP contribution in [-0.2, 0) is 9.53 Å². The fraction of sp³-hybridized carbons (Fsp3) is 0.333. The van der Waals surface area contributed by atoms with Gasteiger partial charge in [0.25, 0.3) is 11.6 Å². The van der Waals surface area contributed by atoms with Crippen LogP contribution in [0.1, 0.15) is 17.3 Å². The van der Waals surface area contributed by atoms with Crippen molar-refractivity contribution in [2.45, 2.75) is 6.92 Å². The van der Waals surface area contributed by atoms with Gasteiger partial charge in [-0.25, -0.2) is 0 Å². The van der Waals surface area contributed by atoms with E-state index in [9.17, 15) is 19.7 Å². The normalized spacial score (nSPS) is 9.70. The molecule has 0 aliphatic carbocycles. The van der Waals surface area contributed by atoms with Crippen molar-refractivity contribution in [1.82, 2.24) is 5.32 Å². The molecule has 0 heterocycles. The standard InChI is InChI=1S/C12H14N2O6/c1-3-20-9-6-4-5-8(14(17)18)11(9)12(16)13-7-10(15)19-2/h4-6H,3,7H2,1-2H3,(H,13,16). The molecule has 0 saturated carbocycles. The largest absolute Gasteiger partial charge is 0.493 e. The lowest BCUT2D eigenvalue weighted by Gasteiger charge is -2.10. The SMILES string of the molecule is CCOc1cccc([N+](=O)[O-])c1C(=O)NCC(=O)OC. The van der Waals surface area contributed by atoms with Gasteiger partial charge in [0.15, 0.2) is 5.56 Å². The maximum atomic E-state index is 12.0. The topological polar surface area (TPSA) is 108 Å². The summed E-state index contributed by atoms with van der Waals surface area (Å²) in [7, 11) is 1.17. The Labute approximate surface area is 114 Å². The van der Waals surface area contributed by atoms with Crippen molar-refractivity contribution < 1.29 is 24.0 Å². The van der Waals surface area contributed by atoms with Gasteiger partial charge in [0.1, 0.15) is 12.3 Å². The van der Waals surface area contributed by atoms with E-state index in [1.165, 1.54) is 25.3 Å². The zero-order valence-electron chi connectivity index (χ0n) is 11.0. The van der Waals surface area contributed by atoms with Gasteiger partial charge in [0.05, 0.1) is 18.6 Å². The average Bonchev–Trinajstić information content (AvgIpc) is 2.44. The summed E-state index contributed by atoms with van der Waals surface area (Å²) in [5, 5.41) is 13.2. The highest BCUT2D eigenvalue weighted by molar-refractivity contribution is 6.02. The summed E-state index contributed by atoms with van der Waals surface area (Å²) in [5.74, 6) is -1.34. The van der Waals surface area contributed by atoms with E-state index in [1.807, 2.05) is 0 Å². The van der Waals surface area contributed by atoms with Gasteiger partial charge in [-0.15, -0.1) is 0 Å². The maximum absolute atomic E-state index is 12.0. The number of nitrogens with one attached hydrogen (secondary N) is 1. The van der Waals surface area contributed by atoms with Gasteiger partial charge in [0.2, 0.25) is 0 Å². The number of nitro groups is 1. The van der Waals surface area contributed by atoms with Crippen LogP contribution in [0.25, 0.3) is 0 Å². The number of hydrogen-bond donors (Lipinski definition) is 1. The molecule has 0 aliphatic rings. The van der Waals surface area contributed by atoms with E-state index >= 15 is 0 Å². The van der Waals surface area contributed by atoms with E-state index in [1.54, 1.807) is 6.92 Å². The minimum Gasteiger partial charge on any atom is -0.493 e. The number of rotatable bonds is 6. The molecule has 0 spiro atoms. The number of amides is 1. The third kappa shape index (κ3) is 3.67. The Bertz CT molecular complexity index is 529. The molecule has 8 heteroatoms. The second-order valence-corrected chi connectivity index (χ2v) is 3.60. The predicted molar refractivity (Wildman–Crippen MR) is 68.6 cm³/mol. The highest BCUT2D eigenvalue weighted by Crippen LogP contribution is 2.28. The summed E-state index contributed by atoms with van der Waals surface area (Å²) in [6.45, 7) is 1.56. The molecule has 0 unspecified atom stereocenters. The van der Waals surface area contributed by atoms with Crippen LogP contribution in [0, 0.1) is 10.1 Å². The smallest absolute Gasteiger partial charge is 0.325 e. The average molecular weight is 282 g/mol. The first-order valence-corrected chi connectivity index (χ1v) is 5.76. The van der Waals surface area contributed by atoms with Gasteiger partial charge in [-0.2, -0.15) is 0 Å².